The van der Waals surface area contributed by atoms with Gasteiger partial charge in [0.2, 0.25) is 0 Å². The summed E-state index contributed by atoms with van der Waals surface area (Å²) in [5, 5.41) is 6.78. The van der Waals surface area contributed by atoms with Gasteiger partial charge in [0, 0.05) is 0 Å². The van der Waals surface area contributed by atoms with Crippen LogP contribution in [-0.2, 0) is 0 Å². The molecule has 0 aromatic heterocycles. The van der Waals surface area contributed by atoms with E-state index in [0.29, 0.717) is 0 Å². The van der Waals surface area contributed by atoms with Crippen LogP contribution in [0.3, 0.4) is 0 Å². The van der Waals surface area contributed by atoms with Crippen molar-refractivity contribution in [2.75, 3.05) is 0 Å². The lowest BCUT2D eigenvalue weighted by Crippen LogP contribution is -2.66. The van der Waals surface area contributed by atoms with Crippen molar-refractivity contribution in [3.05, 3.63) is 48.5 Å². The molecule has 2 aromatic rings. The summed E-state index contributed by atoms with van der Waals surface area (Å²) in [5.41, 5.74) is 0. The van der Waals surface area contributed by atoms with Crippen LogP contribution in [-0.4, -0.2) is 17.6 Å². The average Bonchev–Trinajstić information content (AvgIpc) is 2.36. The summed E-state index contributed by atoms with van der Waals surface area (Å²) in [6.45, 7) is 4.94. The van der Waals surface area contributed by atoms with Crippen LogP contribution < -0.4 is 20.7 Å². The predicted molar refractivity (Wildman–Crippen MR) is 77.4 cm³/mol. The van der Waals surface area contributed by atoms with Crippen LogP contribution in [0, 0.1) is 0 Å². The molecular formula is C14H16Si2. The molecule has 1 heterocycles. The van der Waals surface area contributed by atoms with Gasteiger partial charge in [-0.1, -0.05) is 82.4 Å². The zero-order valence-electron chi connectivity index (χ0n) is 9.77. The van der Waals surface area contributed by atoms with Gasteiger partial charge in [-0.25, -0.2) is 0 Å². The first-order valence-electron chi connectivity index (χ1n) is 5.96. The molecule has 0 unspecified atom stereocenters. The molecule has 0 spiro atoms. The van der Waals surface area contributed by atoms with E-state index in [2.05, 4.69) is 61.6 Å². The second-order valence-electron chi connectivity index (χ2n) is 4.70. The fourth-order valence-electron chi connectivity index (χ4n) is 2.93. The molecule has 0 aliphatic carbocycles. The van der Waals surface area contributed by atoms with E-state index >= 15 is 0 Å². The third-order valence-corrected chi connectivity index (χ3v) is 10.4. The third-order valence-electron chi connectivity index (χ3n) is 3.86. The summed E-state index contributed by atoms with van der Waals surface area (Å²) in [7, 11) is -1.79. The quantitative estimate of drug-likeness (QED) is 0.566. The summed E-state index contributed by atoms with van der Waals surface area (Å²) in [6.07, 6.45) is 0. The standard InChI is InChI=1S/C14H16Si2/c1-15-11-7-3-5-9-13(11)16(2)14-10-6-4-8-12(14)15/h3-10,15-16H,1-2H3. The van der Waals surface area contributed by atoms with E-state index in [1.165, 1.54) is 0 Å². The fraction of sp³-hybridized carbons (Fsp3) is 0.143. The van der Waals surface area contributed by atoms with Gasteiger partial charge in [-0.2, -0.15) is 0 Å². The zero-order chi connectivity index (χ0) is 11.1. The van der Waals surface area contributed by atoms with Gasteiger partial charge < -0.3 is 0 Å². The van der Waals surface area contributed by atoms with Crippen LogP contribution in [0.2, 0.25) is 13.1 Å². The third kappa shape index (κ3) is 1.33. The van der Waals surface area contributed by atoms with Gasteiger partial charge in [0.25, 0.3) is 0 Å². The molecule has 0 saturated carbocycles. The molecule has 0 saturated heterocycles. The van der Waals surface area contributed by atoms with Crippen molar-refractivity contribution in [2.45, 2.75) is 13.1 Å². The Labute approximate surface area is 100 Å². The molecule has 0 amide bonds. The highest BCUT2D eigenvalue weighted by Crippen LogP contribution is 1.98. The van der Waals surface area contributed by atoms with E-state index in [1.54, 1.807) is 20.7 Å². The monoisotopic (exact) mass is 240 g/mol. The van der Waals surface area contributed by atoms with Crippen molar-refractivity contribution in [2.24, 2.45) is 0 Å². The van der Waals surface area contributed by atoms with Gasteiger partial charge in [-0.3, -0.25) is 0 Å². The lowest BCUT2D eigenvalue weighted by molar-refractivity contribution is 1.73. The number of benzene rings is 2. The van der Waals surface area contributed by atoms with Gasteiger partial charge in [0.1, 0.15) is 0 Å². The topological polar surface area (TPSA) is 0 Å². The summed E-state index contributed by atoms with van der Waals surface area (Å²) in [5.74, 6) is 0. The SMILES string of the molecule is C[SiH]1c2ccccc2[SiH](C)c2ccccc21. The molecule has 0 atom stereocenters. The second-order valence-corrected chi connectivity index (χ2v) is 10.1. The van der Waals surface area contributed by atoms with E-state index < -0.39 is 17.6 Å². The Bertz CT molecular complexity index is 438. The van der Waals surface area contributed by atoms with Crippen molar-refractivity contribution in [1.82, 2.24) is 0 Å². The molecular weight excluding hydrogens is 224 g/mol. The van der Waals surface area contributed by atoms with Gasteiger partial charge in [-0.15, -0.1) is 0 Å². The molecule has 80 valence electrons. The number of hydrogen-bond donors (Lipinski definition) is 0. The summed E-state index contributed by atoms with van der Waals surface area (Å²) >= 11 is 0. The summed E-state index contributed by atoms with van der Waals surface area (Å²) in [4.78, 5) is 0. The van der Waals surface area contributed by atoms with Crippen LogP contribution >= 0.6 is 0 Å². The Morgan fingerprint density at radius 3 is 1.06 bits per heavy atom. The molecule has 2 heteroatoms. The molecule has 0 fully saturated rings. The molecule has 0 radical (unpaired) electrons. The highest BCUT2D eigenvalue weighted by Gasteiger charge is 2.27. The summed E-state index contributed by atoms with van der Waals surface area (Å²) in [6, 6.07) is 18.3. The lowest BCUT2D eigenvalue weighted by Gasteiger charge is -2.29. The number of hydrogen-bond acceptors (Lipinski definition) is 0. The lowest BCUT2D eigenvalue weighted by atomic mass is 10.3. The van der Waals surface area contributed by atoms with Crippen LogP contribution in [0.15, 0.2) is 48.5 Å². The fourth-order valence-corrected chi connectivity index (χ4v) is 10.6. The normalized spacial score (nSPS) is 22.4. The predicted octanol–water partition coefficient (Wildman–Crippen LogP) is -0.0578. The Balaban J connectivity index is 2.26. The van der Waals surface area contributed by atoms with Gasteiger partial charge >= 0.3 is 0 Å². The minimum Gasteiger partial charge on any atom is -0.0642 e. The minimum absolute atomic E-state index is 0.894. The van der Waals surface area contributed by atoms with Gasteiger partial charge in [-0.05, 0) is 0 Å². The van der Waals surface area contributed by atoms with Crippen LogP contribution in [0.1, 0.15) is 0 Å². The molecule has 0 bridgehead atoms. The van der Waals surface area contributed by atoms with E-state index in [9.17, 15) is 0 Å². The summed E-state index contributed by atoms with van der Waals surface area (Å²) < 4.78 is 0. The number of fused-ring (bicyclic) bond motifs is 2. The van der Waals surface area contributed by atoms with Crippen LogP contribution in [0.4, 0.5) is 0 Å². The molecule has 16 heavy (non-hydrogen) atoms. The van der Waals surface area contributed by atoms with Gasteiger partial charge in [0.05, 0.1) is 17.6 Å². The average molecular weight is 240 g/mol. The molecule has 1 aliphatic heterocycles. The highest BCUT2D eigenvalue weighted by atomic mass is 28.3. The van der Waals surface area contributed by atoms with E-state index in [1.807, 2.05) is 0 Å². The Morgan fingerprint density at radius 2 is 0.812 bits per heavy atom. The second kappa shape index (κ2) is 3.72. The molecule has 0 N–H and O–H groups in total. The van der Waals surface area contributed by atoms with Crippen molar-refractivity contribution in [3.63, 3.8) is 0 Å². The van der Waals surface area contributed by atoms with Crippen molar-refractivity contribution in [3.8, 4) is 0 Å². The first kappa shape index (κ1) is 10.1. The van der Waals surface area contributed by atoms with Crippen LogP contribution in [0.5, 0.6) is 0 Å². The van der Waals surface area contributed by atoms with E-state index in [0.717, 1.165) is 0 Å². The maximum Gasteiger partial charge on any atom is 0.0994 e. The van der Waals surface area contributed by atoms with E-state index in [4.69, 9.17) is 0 Å². The Morgan fingerprint density at radius 1 is 0.562 bits per heavy atom. The number of rotatable bonds is 0. The smallest absolute Gasteiger partial charge is 0.0642 e. The molecule has 3 rings (SSSR count). The first-order chi connectivity index (χ1) is 7.79. The molecule has 1 aliphatic rings. The largest absolute Gasteiger partial charge is 0.0994 e. The minimum atomic E-state index is -0.894. The van der Waals surface area contributed by atoms with Gasteiger partial charge in [0.15, 0.2) is 0 Å². The highest BCUT2D eigenvalue weighted by molar-refractivity contribution is 7.01. The van der Waals surface area contributed by atoms with Crippen molar-refractivity contribution < 1.29 is 0 Å². The van der Waals surface area contributed by atoms with Crippen LogP contribution in [0.25, 0.3) is 0 Å². The first-order valence-corrected chi connectivity index (χ1v) is 10.6. The molecule has 2 aromatic carbocycles. The zero-order valence-corrected chi connectivity index (χ0v) is 12.1. The van der Waals surface area contributed by atoms with Crippen molar-refractivity contribution in [1.29, 1.82) is 0 Å². The molecule has 0 nitrogen and oxygen atoms in total. The Hall–Kier alpha value is -1.13. The Kier molecular flexibility index (Phi) is 2.34. The van der Waals surface area contributed by atoms with Crippen molar-refractivity contribution >= 4 is 38.3 Å². The maximum atomic E-state index is 2.47. The maximum absolute atomic E-state index is 2.47. The van der Waals surface area contributed by atoms with E-state index in [-0.39, 0.29) is 0 Å².